The van der Waals surface area contributed by atoms with Crippen molar-refractivity contribution in [2.24, 2.45) is 5.73 Å². The molecule has 5 atom stereocenters. The number of aromatic nitrogens is 2. The molecule has 3 heterocycles. The van der Waals surface area contributed by atoms with Crippen molar-refractivity contribution in [2.45, 2.75) is 48.0 Å². The molecule has 0 aliphatic carbocycles. The average Bonchev–Trinajstić information content (AvgIpc) is 2.92. The van der Waals surface area contributed by atoms with E-state index in [-0.39, 0.29) is 12.0 Å². The van der Waals surface area contributed by atoms with Gasteiger partial charge in [-0.1, -0.05) is 19.0 Å². The lowest BCUT2D eigenvalue weighted by Crippen LogP contribution is -2.37. The van der Waals surface area contributed by atoms with Crippen LogP contribution in [0, 0.1) is 0 Å². The predicted molar refractivity (Wildman–Crippen MR) is 82.2 cm³/mol. The molecule has 5 unspecified atom stereocenters. The van der Waals surface area contributed by atoms with Gasteiger partial charge in [0.2, 0.25) is 5.89 Å². The zero-order chi connectivity index (χ0) is 14.1. The van der Waals surface area contributed by atoms with E-state index in [4.69, 9.17) is 15.0 Å². The van der Waals surface area contributed by atoms with Crippen LogP contribution in [0.2, 0.25) is 0 Å². The average molecular weight is 315 g/mol. The third-order valence-corrected chi connectivity index (χ3v) is 7.41. The van der Waals surface area contributed by atoms with Crippen molar-refractivity contribution in [2.75, 3.05) is 19.0 Å². The molecular weight excluding hydrogens is 294 g/mol. The summed E-state index contributed by atoms with van der Waals surface area (Å²) < 4.78 is 10.9. The monoisotopic (exact) mass is 315 g/mol. The Morgan fingerprint density at radius 1 is 1.30 bits per heavy atom. The summed E-state index contributed by atoms with van der Waals surface area (Å²) in [5.74, 6) is 2.54. The van der Waals surface area contributed by atoms with Crippen molar-refractivity contribution in [3.05, 3.63) is 11.7 Å². The summed E-state index contributed by atoms with van der Waals surface area (Å²) >= 11 is 3.92. The summed E-state index contributed by atoms with van der Waals surface area (Å²) in [5.41, 5.74) is 6.12. The Morgan fingerprint density at radius 2 is 2.15 bits per heavy atom. The number of hydrogen-bond donors (Lipinski definition) is 1. The molecule has 7 heteroatoms. The van der Waals surface area contributed by atoms with Gasteiger partial charge in [0.05, 0.1) is 17.8 Å². The Bertz CT molecular complexity index is 457. The maximum atomic E-state index is 6.12. The fraction of sp³-hybridized carbons (Fsp3) is 0.846. The van der Waals surface area contributed by atoms with E-state index in [1.54, 1.807) is 0 Å². The van der Waals surface area contributed by atoms with Crippen molar-refractivity contribution in [3.63, 3.8) is 0 Å². The van der Waals surface area contributed by atoms with Crippen molar-refractivity contribution in [1.82, 2.24) is 10.1 Å². The minimum Gasteiger partial charge on any atom is -0.381 e. The molecular formula is C13H21N3O2S2. The third kappa shape index (κ3) is 3.00. The fourth-order valence-corrected chi connectivity index (χ4v) is 5.29. The summed E-state index contributed by atoms with van der Waals surface area (Å²) in [6.45, 7) is 5.85. The van der Waals surface area contributed by atoms with Gasteiger partial charge in [0.15, 0.2) is 5.82 Å². The molecule has 0 bridgehead atoms. The van der Waals surface area contributed by atoms with Crippen molar-refractivity contribution >= 4 is 23.5 Å². The van der Waals surface area contributed by atoms with Gasteiger partial charge in [-0.05, 0) is 6.42 Å². The number of hydrogen-bond acceptors (Lipinski definition) is 7. The molecule has 0 saturated carbocycles. The van der Waals surface area contributed by atoms with E-state index in [9.17, 15) is 0 Å². The summed E-state index contributed by atoms with van der Waals surface area (Å²) in [4.78, 5) is 4.60. The molecule has 1 aromatic heterocycles. The van der Waals surface area contributed by atoms with Crippen LogP contribution in [0.4, 0.5) is 0 Å². The van der Waals surface area contributed by atoms with Gasteiger partial charge in [0, 0.05) is 28.9 Å². The van der Waals surface area contributed by atoms with Crippen LogP contribution in [0.3, 0.4) is 0 Å². The molecule has 0 amide bonds. The highest BCUT2D eigenvalue weighted by Crippen LogP contribution is 2.43. The summed E-state index contributed by atoms with van der Waals surface area (Å²) in [5, 5.41) is 5.80. The predicted octanol–water partition coefficient (Wildman–Crippen LogP) is 2.20. The minimum absolute atomic E-state index is 0.0441. The maximum absolute atomic E-state index is 6.12. The highest BCUT2D eigenvalue weighted by molar-refractivity contribution is 8.07. The molecule has 0 spiro atoms. The Hall–Kier alpha value is -0.240. The molecule has 0 aromatic carbocycles. The first kappa shape index (κ1) is 14.7. The van der Waals surface area contributed by atoms with Crippen LogP contribution < -0.4 is 5.73 Å². The Morgan fingerprint density at radius 3 is 2.90 bits per heavy atom. The highest BCUT2D eigenvalue weighted by Gasteiger charge is 2.33. The second-order valence-electron chi connectivity index (χ2n) is 5.49. The second kappa shape index (κ2) is 6.25. The van der Waals surface area contributed by atoms with Crippen LogP contribution in [-0.2, 0) is 4.74 Å². The molecule has 2 aliphatic heterocycles. The first-order valence-electron chi connectivity index (χ1n) is 7.09. The van der Waals surface area contributed by atoms with Crippen LogP contribution >= 0.6 is 23.5 Å². The first-order valence-corrected chi connectivity index (χ1v) is 9.08. The van der Waals surface area contributed by atoms with Gasteiger partial charge >= 0.3 is 0 Å². The summed E-state index contributed by atoms with van der Waals surface area (Å²) in [6, 6.07) is 0.0596. The standard InChI is InChI=1S/C13H21N3O2S2/c1-7-8(2)20-11(6-19-7)12-15-13(18-16-12)9-5-17-4-3-10(9)14/h7-11H,3-6,14H2,1-2H3. The normalized spacial score (nSPS) is 38.9. The summed E-state index contributed by atoms with van der Waals surface area (Å²) in [7, 11) is 0. The van der Waals surface area contributed by atoms with Crippen LogP contribution in [-0.4, -0.2) is 45.6 Å². The van der Waals surface area contributed by atoms with Crippen LogP contribution in [0.15, 0.2) is 4.52 Å². The van der Waals surface area contributed by atoms with Gasteiger partial charge < -0.3 is 15.0 Å². The fourth-order valence-electron chi connectivity index (χ4n) is 2.46. The Kier molecular flexibility index (Phi) is 4.59. The molecule has 3 rings (SSSR count). The maximum Gasteiger partial charge on any atom is 0.233 e. The van der Waals surface area contributed by atoms with Crippen LogP contribution in [0.25, 0.3) is 0 Å². The zero-order valence-corrected chi connectivity index (χ0v) is 13.5. The molecule has 5 nitrogen and oxygen atoms in total. The van der Waals surface area contributed by atoms with Gasteiger partial charge in [-0.3, -0.25) is 0 Å². The van der Waals surface area contributed by atoms with Gasteiger partial charge in [0.1, 0.15) is 0 Å². The summed E-state index contributed by atoms with van der Waals surface area (Å²) in [6.07, 6.45) is 0.852. The largest absolute Gasteiger partial charge is 0.381 e. The van der Waals surface area contributed by atoms with Crippen molar-refractivity contribution in [1.29, 1.82) is 0 Å². The van der Waals surface area contributed by atoms with Gasteiger partial charge in [-0.25, -0.2) is 0 Å². The SMILES string of the molecule is CC1SCC(c2noc(C3COCCC3N)n2)SC1C. The van der Waals surface area contributed by atoms with E-state index in [0.717, 1.165) is 24.6 Å². The van der Waals surface area contributed by atoms with E-state index in [0.29, 0.717) is 28.2 Å². The van der Waals surface area contributed by atoms with E-state index in [2.05, 4.69) is 24.0 Å². The van der Waals surface area contributed by atoms with E-state index in [1.807, 2.05) is 23.5 Å². The molecule has 2 N–H and O–H groups in total. The second-order valence-corrected chi connectivity index (χ2v) is 8.49. The van der Waals surface area contributed by atoms with E-state index < -0.39 is 0 Å². The Labute approximate surface area is 127 Å². The minimum atomic E-state index is 0.0441. The number of nitrogens with two attached hydrogens (primary N) is 1. The molecule has 2 aliphatic rings. The first-order chi connectivity index (χ1) is 9.65. The van der Waals surface area contributed by atoms with Gasteiger partial charge in [0.25, 0.3) is 0 Å². The number of nitrogens with zero attached hydrogens (tertiary/aromatic N) is 2. The molecule has 20 heavy (non-hydrogen) atoms. The molecule has 2 saturated heterocycles. The number of rotatable bonds is 2. The molecule has 2 fully saturated rings. The molecule has 1 aromatic rings. The number of thioether (sulfide) groups is 2. The smallest absolute Gasteiger partial charge is 0.233 e. The quantitative estimate of drug-likeness (QED) is 0.896. The lowest BCUT2D eigenvalue weighted by Gasteiger charge is -2.29. The third-order valence-electron chi connectivity index (χ3n) is 4.02. The van der Waals surface area contributed by atoms with Gasteiger partial charge in [-0.15, -0.1) is 11.8 Å². The lowest BCUT2D eigenvalue weighted by atomic mass is 9.97. The van der Waals surface area contributed by atoms with Crippen LogP contribution in [0.5, 0.6) is 0 Å². The van der Waals surface area contributed by atoms with E-state index >= 15 is 0 Å². The van der Waals surface area contributed by atoms with Crippen LogP contribution in [0.1, 0.15) is 43.2 Å². The zero-order valence-electron chi connectivity index (χ0n) is 11.8. The molecule has 112 valence electrons. The van der Waals surface area contributed by atoms with Crippen molar-refractivity contribution < 1.29 is 9.26 Å². The Balaban J connectivity index is 1.70. The topological polar surface area (TPSA) is 74.2 Å². The van der Waals surface area contributed by atoms with E-state index in [1.165, 1.54) is 0 Å². The van der Waals surface area contributed by atoms with Crippen molar-refractivity contribution in [3.8, 4) is 0 Å². The highest BCUT2D eigenvalue weighted by atomic mass is 32.2. The number of ether oxygens (including phenoxy) is 1. The lowest BCUT2D eigenvalue weighted by molar-refractivity contribution is 0.0590. The van der Waals surface area contributed by atoms with Gasteiger partial charge in [-0.2, -0.15) is 16.7 Å². The molecule has 0 radical (unpaired) electrons.